The molecule has 3 rings (SSSR count). The summed E-state index contributed by atoms with van der Waals surface area (Å²) in [4.78, 5) is 40.2. The van der Waals surface area contributed by atoms with Gasteiger partial charge < -0.3 is 15.2 Å². The fraction of sp³-hybridized carbons (Fsp3) is 0.278. The van der Waals surface area contributed by atoms with Crippen LogP contribution in [0.1, 0.15) is 28.8 Å². The van der Waals surface area contributed by atoms with Gasteiger partial charge in [-0.2, -0.15) is 0 Å². The van der Waals surface area contributed by atoms with Gasteiger partial charge in [0, 0.05) is 25.4 Å². The van der Waals surface area contributed by atoms with E-state index in [1.54, 1.807) is 4.90 Å². The van der Waals surface area contributed by atoms with Crippen molar-refractivity contribution in [3.05, 3.63) is 70.1 Å². The fourth-order valence-electron chi connectivity index (χ4n) is 2.89. The van der Waals surface area contributed by atoms with Gasteiger partial charge in [0.25, 0.3) is 5.91 Å². The summed E-state index contributed by atoms with van der Waals surface area (Å²) >= 11 is 0. The first kappa shape index (κ1) is 16.0. The van der Waals surface area contributed by atoms with Crippen molar-refractivity contribution in [3.8, 4) is 0 Å². The van der Waals surface area contributed by atoms with Gasteiger partial charge in [-0.3, -0.25) is 14.4 Å². The number of nitrogens with zero attached hydrogens (tertiary/aromatic N) is 1. The van der Waals surface area contributed by atoms with Crippen LogP contribution in [0.2, 0.25) is 0 Å². The molecule has 1 aliphatic heterocycles. The van der Waals surface area contributed by atoms with E-state index in [-0.39, 0.29) is 17.4 Å². The molecule has 2 heterocycles. The van der Waals surface area contributed by atoms with E-state index < -0.39 is 6.04 Å². The summed E-state index contributed by atoms with van der Waals surface area (Å²) in [5.41, 5.74) is 1.14. The summed E-state index contributed by atoms with van der Waals surface area (Å²) < 4.78 is 0. The highest BCUT2D eigenvalue weighted by Gasteiger charge is 2.34. The van der Waals surface area contributed by atoms with Gasteiger partial charge in [0.15, 0.2) is 0 Å². The molecule has 2 aromatic rings. The quantitative estimate of drug-likeness (QED) is 0.889. The van der Waals surface area contributed by atoms with Crippen LogP contribution in [0.4, 0.5) is 0 Å². The van der Waals surface area contributed by atoms with Crippen LogP contribution in [0.25, 0.3) is 0 Å². The highest BCUT2D eigenvalue weighted by atomic mass is 16.2. The predicted molar refractivity (Wildman–Crippen MR) is 89.4 cm³/mol. The lowest BCUT2D eigenvalue weighted by molar-refractivity contribution is -0.125. The third-order valence-corrected chi connectivity index (χ3v) is 4.16. The number of H-pyrrole nitrogens is 1. The molecule has 1 unspecified atom stereocenters. The van der Waals surface area contributed by atoms with Crippen LogP contribution in [-0.2, 0) is 11.3 Å². The van der Waals surface area contributed by atoms with Crippen molar-refractivity contribution < 1.29 is 9.59 Å². The van der Waals surface area contributed by atoms with Crippen molar-refractivity contribution in [1.82, 2.24) is 15.2 Å². The maximum atomic E-state index is 12.6. The van der Waals surface area contributed by atoms with E-state index in [0.717, 1.165) is 12.0 Å². The first-order valence-corrected chi connectivity index (χ1v) is 7.96. The molecule has 1 aromatic carbocycles. The zero-order chi connectivity index (χ0) is 16.9. The molecule has 0 bridgehead atoms. The van der Waals surface area contributed by atoms with Gasteiger partial charge in [-0.05, 0) is 24.5 Å². The second-order valence-corrected chi connectivity index (χ2v) is 5.80. The number of benzene rings is 1. The molecule has 124 valence electrons. The van der Waals surface area contributed by atoms with Gasteiger partial charge in [0.05, 0.1) is 5.56 Å². The number of aromatic amines is 1. The number of pyridine rings is 1. The number of nitrogens with one attached hydrogen (secondary N) is 2. The Hall–Kier alpha value is -2.89. The summed E-state index contributed by atoms with van der Waals surface area (Å²) in [7, 11) is 0. The lowest BCUT2D eigenvalue weighted by Crippen LogP contribution is -2.45. The van der Waals surface area contributed by atoms with E-state index in [1.807, 2.05) is 30.3 Å². The Labute approximate surface area is 139 Å². The zero-order valence-corrected chi connectivity index (χ0v) is 13.2. The van der Waals surface area contributed by atoms with Crippen molar-refractivity contribution in [2.24, 2.45) is 0 Å². The maximum absolute atomic E-state index is 12.6. The van der Waals surface area contributed by atoms with Gasteiger partial charge in [-0.15, -0.1) is 0 Å². The molecule has 1 aliphatic rings. The number of hydrogen-bond donors (Lipinski definition) is 2. The molecule has 2 amide bonds. The minimum Gasteiger partial charge on any atom is -0.350 e. The Morgan fingerprint density at radius 1 is 1.17 bits per heavy atom. The second kappa shape index (κ2) is 7.12. The topological polar surface area (TPSA) is 82.3 Å². The molecular formula is C18H19N3O3. The van der Waals surface area contributed by atoms with Crippen LogP contribution in [-0.4, -0.2) is 34.3 Å². The monoisotopic (exact) mass is 325 g/mol. The first-order chi connectivity index (χ1) is 11.6. The lowest BCUT2D eigenvalue weighted by atomic mass is 10.1. The molecule has 0 spiro atoms. The van der Waals surface area contributed by atoms with Gasteiger partial charge in [0.1, 0.15) is 6.04 Å². The van der Waals surface area contributed by atoms with E-state index in [1.165, 1.54) is 18.3 Å². The molecule has 0 saturated carbocycles. The Morgan fingerprint density at radius 2 is 1.96 bits per heavy atom. The number of carbonyl (C=O) groups excluding carboxylic acids is 2. The molecule has 1 aromatic heterocycles. The van der Waals surface area contributed by atoms with Crippen LogP contribution in [0, 0.1) is 0 Å². The number of amides is 2. The predicted octanol–water partition coefficient (Wildman–Crippen LogP) is 1.30. The smallest absolute Gasteiger partial charge is 0.256 e. The molecular weight excluding hydrogens is 306 g/mol. The molecule has 6 nitrogen and oxygen atoms in total. The number of rotatable bonds is 4. The summed E-state index contributed by atoms with van der Waals surface area (Å²) in [6.45, 7) is 0.984. The summed E-state index contributed by atoms with van der Waals surface area (Å²) in [6.07, 6.45) is 2.83. The van der Waals surface area contributed by atoms with Crippen molar-refractivity contribution in [2.45, 2.75) is 25.4 Å². The highest BCUT2D eigenvalue weighted by Crippen LogP contribution is 2.20. The van der Waals surface area contributed by atoms with Crippen molar-refractivity contribution in [2.75, 3.05) is 6.54 Å². The fourth-order valence-corrected chi connectivity index (χ4v) is 2.89. The second-order valence-electron chi connectivity index (χ2n) is 5.80. The Balaban J connectivity index is 1.66. The number of aromatic nitrogens is 1. The van der Waals surface area contributed by atoms with Gasteiger partial charge in [0.2, 0.25) is 11.5 Å². The van der Waals surface area contributed by atoms with E-state index in [9.17, 15) is 14.4 Å². The SMILES string of the molecule is O=C(NCc1ccccc1)C1CCCN1C(=O)c1ccc(=O)[nH]c1. The standard InChI is InChI=1S/C18H19N3O3/c22-16-9-8-14(12-19-16)18(24)21-10-4-7-15(21)17(23)20-11-13-5-2-1-3-6-13/h1-3,5-6,8-9,12,15H,4,7,10-11H2,(H,19,22)(H,20,23). The normalized spacial score (nSPS) is 16.8. The molecule has 1 atom stereocenters. The van der Waals surface area contributed by atoms with Crippen LogP contribution in [0.3, 0.4) is 0 Å². The number of carbonyl (C=O) groups is 2. The number of hydrogen-bond acceptors (Lipinski definition) is 3. The van der Waals surface area contributed by atoms with Crippen molar-refractivity contribution >= 4 is 11.8 Å². The van der Waals surface area contributed by atoms with Gasteiger partial charge in [-0.25, -0.2) is 0 Å². The van der Waals surface area contributed by atoms with Crippen LogP contribution < -0.4 is 10.9 Å². The first-order valence-electron chi connectivity index (χ1n) is 7.96. The Kier molecular flexibility index (Phi) is 4.74. The van der Waals surface area contributed by atoms with Crippen molar-refractivity contribution in [3.63, 3.8) is 0 Å². The minimum absolute atomic E-state index is 0.144. The number of likely N-dealkylation sites (tertiary alicyclic amines) is 1. The van der Waals surface area contributed by atoms with Crippen LogP contribution >= 0.6 is 0 Å². The summed E-state index contributed by atoms with van der Waals surface area (Å²) in [6, 6.07) is 12.0. The third kappa shape index (κ3) is 3.53. The summed E-state index contributed by atoms with van der Waals surface area (Å²) in [5, 5.41) is 2.90. The van der Waals surface area contributed by atoms with Crippen molar-refractivity contribution in [1.29, 1.82) is 0 Å². The zero-order valence-electron chi connectivity index (χ0n) is 13.2. The molecule has 24 heavy (non-hydrogen) atoms. The summed E-state index contributed by atoms with van der Waals surface area (Å²) in [5.74, 6) is -0.377. The van der Waals surface area contributed by atoms with Gasteiger partial charge in [-0.1, -0.05) is 30.3 Å². The molecule has 1 fully saturated rings. The maximum Gasteiger partial charge on any atom is 0.256 e. The molecule has 0 aliphatic carbocycles. The highest BCUT2D eigenvalue weighted by molar-refractivity contribution is 5.97. The van der Waals surface area contributed by atoms with E-state index in [2.05, 4.69) is 10.3 Å². The average Bonchev–Trinajstić information content (AvgIpc) is 3.10. The van der Waals surface area contributed by atoms with E-state index in [4.69, 9.17) is 0 Å². The lowest BCUT2D eigenvalue weighted by Gasteiger charge is -2.24. The molecule has 2 N–H and O–H groups in total. The molecule has 0 radical (unpaired) electrons. The Morgan fingerprint density at radius 3 is 2.67 bits per heavy atom. The van der Waals surface area contributed by atoms with E-state index >= 15 is 0 Å². The third-order valence-electron chi connectivity index (χ3n) is 4.16. The average molecular weight is 325 g/mol. The molecule has 6 heteroatoms. The van der Waals surface area contributed by atoms with Crippen LogP contribution in [0.5, 0.6) is 0 Å². The Bertz CT molecular complexity index is 765. The minimum atomic E-state index is -0.465. The van der Waals surface area contributed by atoms with E-state index in [0.29, 0.717) is 25.1 Å². The molecule has 1 saturated heterocycles. The van der Waals surface area contributed by atoms with Gasteiger partial charge >= 0.3 is 0 Å². The van der Waals surface area contributed by atoms with Crippen LogP contribution in [0.15, 0.2) is 53.5 Å². The largest absolute Gasteiger partial charge is 0.350 e.